The van der Waals surface area contributed by atoms with E-state index in [0.29, 0.717) is 39.2 Å². The summed E-state index contributed by atoms with van der Waals surface area (Å²) in [7, 11) is 5.98. The number of hydrogen-bond donors (Lipinski definition) is 1. The first-order valence-corrected chi connectivity index (χ1v) is 13.6. The van der Waals surface area contributed by atoms with E-state index in [-0.39, 0.29) is 29.4 Å². The fraction of sp³-hybridized carbons (Fsp3) is 0.679. The molecule has 0 radical (unpaired) electrons. The number of nitrogens with two attached hydrogens (primary N) is 1. The summed E-state index contributed by atoms with van der Waals surface area (Å²) in [6, 6.07) is 10.2. The summed E-state index contributed by atoms with van der Waals surface area (Å²) in [5.74, 6) is -0.545. The van der Waals surface area contributed by atoms with Gasteiger partial charge in [-0.2, -0.15) is 0 Å². The minimum atomic E-state index is -0.519. The molecular formula is C28H43N5O4. The Morgan fingerprint density at radius 2 is 1.81 bits per heavy atom. The highest BCUT2D eigenvalue weighted by atomic mass is 16.5. The molecule has 2 aliphatic heterocycles. The van der Waals surface area contributed by atoms with Crippen LogP contribution in [0.25, 0.3) is 0 Å². The molecular weight excluding hydrogens is 470 g/mol. The lowest BCUT2D eigenvalue weighted by molar-refractivity contribution is -0.137. The van der Waals surface area contributed by atoms with Crippen LogP contribution in [0.15, 0.2) is 30.3 Å². The number of benzene rings is 1. The van der Waals surface area contributed by atoms with Gasteiger partial charge in [0, 0.05) is 51.9 Å². The molecule has 3 fully saturated rings. The van der Waals surface area contributed by atoms with Gasteiger partial charge >= 0.3 is 6.03 Å². The molecule has 1 aromatic rings. The summed E-state index contributed by atoms with van der Waals surface area (Å²) in [6.07, 6.45) is 6.12. The van der Waals surface area contributed by atoms with Gasteiger partial charge in [0.1, 0.15) is 6.04 Å². The minimum absolute atomic E-state index is 0.00819. The van der Waals surface area contributed by atoms with Gasteiger partial charge in [-0.15, -0.1) is 0 Å². The van der Waals surface area contributed by atoms with Gasteiger partial charge in [0.25, 0.3) is 0 Å². The molecule has 204 valence electrons. The van der Waals surface area contributed by atoms with Gasteiger partial charge in [-0.05, 0) is 64.6 Å². The summed E-state index contributed by atoms with van der Waals surface area (Å²) in [4.78, 5) is 46.2. The van der Waals surface area contributed by atoms with Crippen molar-refractivity contribution in [1.82, 2.24) is 19.6 Å². The zero-order chi connectivity index (χ0) is 26.6. The number of ether oxygens (including phenoxy) is 1. The summed E-state index contributed by atoms with van der Waals surface area (Å²) < 4.78 is 5.28. The third-order valence-corrected chi connectivity index (χ3v) is 8.96. The average molecular weight is 514 g/mol. The number of methoxy groups -OCH3 is 1. The lowest BCUT2D eigenvalue weighted by atomic mass is 9.68. The second kappa shape index (κ2) is 11.4. The number of carbonyl (C=O) groups is 3. The second-order valence-corrected chi connectivity index (χ2v) is 11.1. The molecule has 0 aromatic heterocycles. The van der Waals surface area contributed by atoms with Crippen molar-refractivity contribution in [3.8, 4) is 0 Å². The van der Waals surface area contributed by atoms with Gasteiger partial charge in [-0.1, -0.05) is 30.3 Å². The van der Waals surface area contributed by atoms with Gasteiger partial charge in [0.2, 0.25) is 11.8 Å². The summed E-state index contributed by atoms with van der Waals surface area (Å²) >= 11 is 0. The zero-order valence-electron chi connectivity index (χ0n) is 22.7. The molecule has 2 N–H and O–H groups in total. The van der Waals surface area contributed by atoms with Crippen molar-refractivity contribution >= 4 is 17.8 Å². The maximum atomic E-state index is 13.6. The van der Waals surface area contributed by atoms with Crippen molar-refractivity contribution in [2.24, 2.45) is 5.73 Å². The molecule has 1 atom stereocenters. The highest BCUT2D eigenvalue weighted by Gasteiger charge is 2.54. The highest BCUT2D eigenvalue weighted by Crippen LogP contribution is 2.49. The van der Waals surface area contributed by atoms with Crippen molar-refractivity contribution < 1.29 is 19.1 Å². The maximum Gasteiger partial charge on any atom is 0.320 e. The minimum Gasteiger partial charge on any atom is -0.385 e. The third kappa shape index (κ3) is 5.34. The maximum absolute atomic E-state index is 13.6. The van der Waals surface area contributed by atoms with Gasteiger partial charge in [-0.3, -0.25) is 14.5 Å². The molecule has 2 saturated heterocycles. The number of carbonyl (C=O) groups excluding carboxylic acids is 3. The Labute approximate surface area is 220 Å². The van der Waals surface area contributed by atoms with Crippen molar-refractivity contribution in [3.63, 3.8) is 0 Å². The summed E-state index contributed by atoms with van der Waals surface area (Å²) in [5, 5.41) is 0. The number of rotatable bonds is 10. The van der Waals surface area contributed by atoms with E-state index in [2.05, 4.69) is 54.2 Å². The summed E-state index contributed by atoms with van der Waals surface area (Å²) in [5.41, 5.74) is 6.52. The predicted molar refractivity (Wildman–Crippen MR) is 142 cm³/mol. The SMILES string of the molecule is COCCCN1C(=O)N(CCC(=O)N2CCCC2C(N)=O)CC12CCC(c1ccccc1)(N(C)C)CC2. The molecule has 9 nitrogen and oxygen atoms in total. The Bertz CT molecular complexity index is 961. The van der Waals surface area contributed by atoms with Crippen LogP contribution in [0, 0.1) is 0 Å². The van der Waals surface area contributed by atoms with Crippen LogP contribution >= 0.6 is 0 Å². The van der Waals surface area contributed by atoms with Crippen LogP contribution in [0.4, 0.5) is 4.79 Å². The van der Waals surface area contributed by atoms with Crippen molar-refractivity contribution in [2.75, 3.05) is 54.0 Å². The fourth-order valence-electron chi connectivity index (χ4n) is 6.79. The largest absolute Gasteiger partial charge is 0.385 e. The first-order valence-electron chi connectivity index (χ1n) is 13.6. The van der Waals surface area contributed by atoms with Gasteiger partial charge < -0.3 is 25.2 Å². The number of likely N-dealkylation sites (tertiary alicyclic amines) is 1. The second-order valence-electron chi connectivity index (χ2n) is 11.1. The van der Waals surface area contributed by atoms with Crippen LogP contribution in [-0.4, -0.2) is 103 Å². The Kier molecular flexibility index (Phi) is 8.43. The van der Waals surface area contributed by atoms with Crippen molar-refractivity contribution in [1.29, 1.82) is 0 Å². The first kappa shape index (κ1) is 27.4. The van der Waals surface area contributed by atoms with E-state index < -0.39 is 11.9 Å². The molecule has 1 saturated carbocycles. The summed E-state index contributed by atoms with van der Waals surface area (Å²) in [6.45, 7) is 2.80. The Balaban J connectivity index is 1.48. The fourth-order valence-corrected chi connectivity index (χ4v) is 6.79. The topological polar surface area (TPSA) is 99.4 Å². The number of hydrogen-bond acceptors (Lipinski definition) is 5. The van der Waals surface area contributed by atoms with Gasteiger partial charge in [0.05, 0.1) is 5.54 Å². The average Bonchev–Trinajstić information content (AvgIpc) is 3.48. The standard InChI is InChI=1S/C28H43N5O4/c1-30(2)28(22-9-5-4-6-10-22)15-13-27(14-16-28)21-31(26(36)33(27)18-8-20-37-3)19-12-24(34)32-17-7-11-23(32)25(29)35/h4-6,9-10,23H,7-8,11-21H2,1-3H3,(H2,29,35). The van der Waals surface area contributed by atoms with Crippen LogP contribution in [0.1, 0.15) is 56.9 Å². The number of urea groups is 1. The zero-order valence-corrected chi connectivity index (χ0v) is 22.7. The molecule has 9 heteroatoms. The molecule has 4 rings (SSSR count). The monoisotopic (exact) mass is 513 g/mol. The Morgan fingerprint density at radius 1 is 1.11 bits per heavy atom. The van der Waals surface area contributed by atoms with E-state index in [4.69, 9.17) is 10.5 Å². The highest BCUT2D eigenvalue weighted by molar-refractivity contribution is 5.87. The van der Waals surface area contributed by atoms with Gasteiger partial charge in [-0.25, -0.2) is 4.79 Å². The first-order chi connectivity index (χ1) is 17.7. The smallest absolute Gasteiger partial charge is 0.320 e. The third-order valence-electron chi connectivity index (χ3n) is 8.96. The van der Waals surface area contributed by atoms with Crippen LogP contribution < -0.4 is 5.73 Å². The van der Waals surface area contributed by atoms with E-state index >= 15 is 0 Å². The van der Waals surface area contributed by atoms with E-state index in [1.165, 1.54) is 5.56 Å². The number of primary amides is 1. The predicted octanol–water partition coefficient (Wildman–Crippen LogP) is 2.40. The number of amides is 4. The molecule has 2 heterocycles. The molecule has 3 aliphatic rings. The Morgan fingerprint density at radius 3 is 2.43 bits per heavy atom. The molecule has 37 heavy (non-hydrogen) atoms. The van der Waals surface area contributed by atoms with E-state index in [1.807, 2.05) is 4.90 Å². The molecule has 1 spiro atoms. The molecule has 1 aliphatic carbocycles. The van der Waals surface area contributed by atoms with E-state index in [0.717, 1.165) is 38.5 Å². The molecule has 1 aromatic carbocycles. The van der Waals surface area contributed by atoms with Crippen LogP contribution in [0.5, 0.6) is 0 Å². The molecule has 0 bridgehead atoms. The van der Waals surface area contributed by atoms with Crippen LogP contribution in [0.3, 0.4) is 0 Å². The molecule has 4 amide bonds. The van der Waals surface area contributed by atoms with Gasteiger partial charge in [0.15, 0.2) is 0 Å². The van der Waals surface area contributed by atoms with Crippen LogP contribution in [-0.2, 0) is 19.9 Å². The number of nitrogens with zero attached hydrogens (tertiary/aromatic N) is 4. The normalized spacial score (nSPS) is 28.1. The lowest BCUT2D eigenvalue weighted by Gasteiger charge is -2.51. The lowest BCUT2D eigenvalue weighted by Crippen LogP contribution is -2.55. The Hall–Kier alpha value is -2.65. The van der Waals surface area contributed by atoms with E-state index in [9.17, 15) is 14.4 Å². The van der Waals surface area contributed by atoms with Crippen molar-refractivity contribution in [2.45, 2.75) is 68.5 Å². The quantitative estimate of drug-likeness (QED) is 0.485. The van der Waals surface area contributed by atoms with Crippen LogP contribution in [0.2, 0.25) is 0 Å². The molecule has 1 unspecified atom stereocenters. The van der Waals surface area contributed by atoms with E-state index in [1.54, 1.807) is 12.0 Å². The van der Waals surface area contributed by atoms with Crippen molar-refractivity contribution in [3.05, 3.63) is 35.9 Å².